The summed E-state index contributed by atoms with van der Waals surface area (Å²) < 4.78 is 13.3. The first-order valence-electron chi connectivity index (χ1n) is 4.39. The van der Waals surface area contributed by atoms with Crippen LogP contribution in [0.4, 0.5) is 4.39 Å². The van der Waals surface area contributed by atoms with Crippen molar-refractivity contribution in [3.63, 3.8) is 0 Å². The first-order valence-corrected chi connectivity index (χ1v) is 4.39. The van der Waals surface area contributed by atoms with Gasteiger partial charge in [0.15, 0.2) is 0 Å². The van der Waals surface area contributed by atoms with Gasteiger partial charge in [0.05, 0.1) is 0 Å². The molecule has 1 aromatic rings. The van der Waals surface area contributed by atoms with E-state index in [1.54, 1.807) is 12.1 Å². The second-order valence-electron chi connectivity index (χ2n) is 2.84. The van der Waals surface area contributed by atoms with Gasteiger partial charge in [0.1, 0.15) is 5.82 Å². The third-order valence-corrected chi connectivity index (χ3v) is 1.88. The van der Waals surface area contributed by atoms with E-state index in [1.165, 1.54) is 6.07 Å². The Morgan fingerprint density at radius 3 is 2.85 bits per heavy atom. The number of rotatable bonds is 4. The summed E-state index contributed by atoms with van der Waals surface area (Å²) in [4.78, 5) is 0. The molecule has 1 rings (SSSR count). The van der Waals surface area contributed by atoms with Crippen molar-refractivity contribution in [1.82, 2.24) is 5.32 Å². The van der Waals surface area contributed by atoms with Crippen LogP contribution < -0.4 is 5.32 Å². The molecule has 0 bridgehead atoms. The molecule has 0 radical (unpaired) electrons. The minimum Gasteiger partial charge on any atom is -0.313 e. The van der Waals surface area contributed by atoms with Gasteiger partial charge in [-0.2, -0.15) is 0 Å². The maximum absolute atomic E-state index is 13.3. The molecule has 1 nitrogen and oxygen atoms in total. The molecule has 0 aliphatic carbocycles. The second-order valence-corrected chi connectivity index (χ2v) is 2.84. The van der Waals surface area contributed by atoms with Crippen molar-refractivity contribution < 1.29 is 4.39 Å². The quantitative estimate of drug-likeness (QED) is 0.749. The highest BCUT2D eigenvalue weighted by molar-refractivity contribution is 5.47. The maximum Gasteiger partial charge on any atom is 0.128 e. The summed E-state index contributed by atoms with van der Waals surface area (Å²) >= 11 is 0. The Hall–Kier alpha value is -1.15. The predicted molar refractivity (Wildman–Crippen MR) is 53.9 cm³/mol. The Morgan fingerprint density at radius 2 is 2.31 bits per heavy atom. The van der Waals surface area contributed by atoms with Gasteiger partial charge in [0.2, 0.25) is 0 Å². The molecule has 0 atom stereocenters. The smallest absolute Gasteiger partial charge is 0.128 e. The van der Waals surface area contributed by atoms with Crippen molar-refractivity contribution in [2.75, 3.05) is 6.54 Å². The SMILES string of the molecule is C=Cc1ccc(CNCC)c(F)c1. The van der Waals surface area contributed by atoms with Crippen molar-refractivity contribution in [2.45, 2.75) is 13.5 Å². The van der Waals surface area contributed by atoms with Gasteiger partial charge in [-0.05, 0) is 18.2 Å². The molecule has 0 aromatic heterocycles. The lowest BCUT2D eigenvalue weighted by Gasteiger charge is -2.04. The molecule has 1 N–H and O–H groups in total. The van der Waals surface area contributed by atoms with E-state index in [4.69, 9.17) is 0 Å². The van der Waals surface area contributed by atoms with E-state index >= 15 is 0 Å². The summed E-state index contributed by atoms with van der Waals surface area (Å²) in [5.74, 6) is -0.168. The third-order valence-electron chi connectivity index (χ3n) is 1.88. The van der Waals surface area contributed by atoms with Crippen LogP contribution in [0.3, 0.4) is 0 Å². The maximum atomic E-state index is 13.3. The minimum atomic E-state index is -0.168. The minimum absolute atomic E-state index is 0.168. The zero-order valence-corrected chi connectivity index (χ0v) is 7.81. The van der Waals surface area contributed by atoms with Gasteiger partial charge in [0.25, 0.3) is 0 Å². The summed E-state index contributed by atoms with van der Waals surface area (Å²) in [5, 5.41) is 3.08. The Bertz CT molecular complexity index is 294. The molecule has 70 valence electrons. The monoisotopic (exact) mass is 179 g/mol. The molecular weight excluding hydrogens is 165 g/mol. The topological polar surface area (TPSA) is 12.0 Å². The van der Waals surface area contributed by atoms with Gasteiger partial charge >= 0.3 is 0 Å². The van der Waals surface area contributed by atoms with Gasteiger partial charge in [-0.15, -0.1) is 0 Å². The molecule has 0 aliphatic heterocycles. The molecule has 0 fully saturated rings. The van der Waals surface area contributed by atoms with E-state index in [0.717, 1.165) is 12.1 Å². The van der Waals surface area contributed by atoms with Gasteiger partial charge < -0.3 is 5.32 Å². The number of nitrogens with one attached hydrogen (secondary N) is 1. The van der Waals surface area contributed by atoms with E-state index < -0.39 is 0 Å². The van der Waals surface area contributed by atoms with Crippen molar-refractivity contribution in [3.8, 4) is 0 Å². The van der Waals surface area contributed by atoms with E-state index in [0.29, 0.717) is 12.1 Å². The Labute approximate surface area is 78.3 Å². The molecule has 0 unspecified atom stereocenters. The molecular formula is C11H14FN. The van der Waals surface area contributed by atoms with Crippen LogP contribution >= 0.6 is 0 Å². The summed E-state index contributed by atoms with van der Waals surface area (Å²) in [6.45, 7) is 7.01. The summed E-state index contributed by atoms with van der Waals surface area (Å²) in [6, 6.07) is 5.15. The van der Waals surface area contributed by atoms with Gasteiger partial charge in [0, 0.05) is 12.1 Å². The molecule has 0 saturated heterocycles. The van der Waals surface area contributed by atoms with Gasteiger partial charge in [-0.3, -0.25) is 0 Å². The molecule has 0 amide bonds. The molecule has 1 aromatic carbocycles. The zero-order chi connectivity index (χ0) is 9.68. The molecule has 2 heteroatoms. The largest absolute Gasteiger partial charge is 0.313 e. The molecule has 0 heterocycles. The lowest BCUT2D eigenvalue weighted by atomic mass is 10.1. The molecule has 0 aliphatic rings. The van der Waals surface area contributed by atoms with Crippen LogP contribution in [0.25, 0.3) is 6.08 Å². The summed E-state index contributed by atoms with van der Waals surface area (Å²) in [6.07, 6.45) is 1.64. The van der Waals surface area contributed by atoms with Crippen LogP contribution in [0.1, 0.15) is 18.1 Å². The summed E-state index contributed by atoms with van der Waals surface area (Å²) in [5.41, 5.74) is 1.52. The van der Waals surface area contributed by atoms with Gasteiger partial charge in [-0.25, -0.2) is 4.39 Å². The van der Waals surface area contributed by atoms with Crippen LogP contribution in [-0.2, 0) is 6.54 Å². The molecule has 13 heavy (non-hydrogen) atoms. The van der Waals surface area contributed by atoms with E-state index in [2.05, 4.69) is 11.9 Å². The van der Waals surface area contributed by atoms with Crippen LogP contribution in [0.2, 0.25) is 0 Å². The number of halogens is 1. The average Bonchev–Trinajstić information content (AvgIpc) is 2.16. The fourth-order valence-electron chi connectivity index (χ4n) is 1.09. The Morgan fingerprint density at radius 1 is 1.54 bits per heavy atom. The normalized spacial score (nSPS) is 10.0. The van der Waals surface area contributed by atoms with Crippen molar-refractivity contribution in [3.05, 3.63) is 41.7 Å². The lowest BCUT2D eigenvalue weighted by Crippen LogP contribution is -2.12. The highest BCUT2D eigenvalue weighted by Crippen LogP contribution is 2.10. The predicted octanol–water partition coefficient (Wildman–Crippen LogP) is 2.58. The zero-order valence-electron chi connectivity index (χ0n) is 7.81. The first-order chi connectivity index (χ1) is 6.27. The first kappa shape index (κ1) is 9.93. The highest BCUT2D eigenvalue weighted by atomic mass is 19.1. The second kappa shape index (κ2) is 4.77. The number of hydrogen-bond donors (Lipinski definition) is 1. The molecule has 0 saturated carbocycles. The standard InChI is InChI=1S/C11H14FN/c1-3-9-5-6-10(8-13-4-2)11(12)7-9/h3,5-7,13H,1,4,8H2,2H3. The third kappa shape index (κ3) is 2.67. The lowest BCUT2D eigenvalue weighted by molar-refractivity contribution is 0.593. The number of benzene rings is 1. The van der Waals surface area contributed by atoms with E-state index in [1.807, 2.05) is 13.0 Å². The highest BCUT2D eigenvalue weighted by Gasteiger charge is 2.00. The Balaban J connectivity index is 2.79. The van der Waals surface area contributed by atoms with Crippen molar-refractivity contribution >= 4 is 6.08 Å². The van der Waals surface area contributed by atoms with E-state index in [9.17, 15) is 4.39 Å². The fraction of sp³-hybridized carbons (Fsp3) is 0.273. The fourth-order valence-corrected chi connectivity index (χ4v) is 1.09. The van der Waals surface area contributed by atoms with Gasteiger partial charge in [-0.1, -0.05) is 31.7 Å². The van der Waals surface area contributed by atoms with Crippen LogP contribution in [0.15, 0.2) is 24.8 Å². The van der Waals surface area contributed by atoms with Crippen LogP contribution in [0.5, 0.6) is 0 Å². The summed E-state index contributed by atoms with van der Waals surface area (Å²) in [7, 11) is 0. The average molecular weight is 179 g/mol. The van der Waals surface area contributed by atoms with Crippen molar-refractivity contribution in [1.29, 1.82) is 0 Å². The Kier molecular flexibility index (Phi) is 3.65. The number of hydrogen-bond acceptors (Lipinski definition) is 1. The van der Waals surface area contributed by atoms with Crippen LogP contribution in [0, 0.1) is 5.82 Å². The van der Waals surface area contributed by atoms with E-state index in [-0.39, 0.29) is 5.82 Å². The van der Waals surface area contributed by atoms with Crippen LogP contribution in [-0.4, -0.2) is 6.54 Å². The molecule has 0 spiro atoms. The van der Waals surface area contributed by atoms with Crippen molar-refractivity contribution in [2.24, 2.45) is 0 Å².